The van der Waals surface area contributed by atoms with Gasteiger partial charge in [0.2, 0.25) is 10.0 Å². The van der Waals surface area contributed by atoms with Crippen molar-refractivity contribution in [2.75, 3.05) is 7.11 Å². The molecule has 2 aromatic rings. The molecule has 0 amide bonds. The molecule has 22 heavy (non-hydrogen) atoms. The molecule has 118 valence electrons. The van der Waals surface area contributed by atoms with Gasteiger partial charge in [-0.15, -0.1) is 0 Å². The van der Waals surface area contributed by atoms with Crippen molar-refractivity contribution in [3.05, 3.63) is 59.1 Å². The number of rotatable bonds is 5. The van der Waals surface area contributed by atoms with Gasteiger partial charge in [0.25, 0.3) is 0 Å². The molecular formula is C16H18ClNO3S. The second-order valence-corrected chi connectivity index (χ2v) is 7.54. The van der Waals surface area contributed by atoms with Crippen LogP contribution in [0.15, 0.2) is 53.4 Å². The molecule has 4 nitrogen and oxygen atoms in total. The number of hydrogen-bond donors (Lipinski definition) is 1. The van der Waals surface area contributed by atoms with E-state index in [1.807, 2.05) is 6.07 Å². The molecule has 0 atom stereocenters. The molecule has 0 heterocycles. The van der Waals surface area contributed by atoms with E-state index in [1.165, 1.54) is 19.2 Å². The van der Waals surface area contributed by atoms with Crippen LogP contribution in [-0.2, 0) is 15.6 Å². The molecule has 0 fully saturated rings. The van der Waals surface area contributed by atoms with Crippen LogP contribution >= 0.6 is 11.6 Å². The van der Waals surface area contributed by atoms with Gasteiger partial charge in [0.15, 0.2) is 0 Å². The fourth-order valence-electron chi connectivity index (χ4n) is 2.09. The number of hydrogen-bond acceptors (Lipinski definition) is 3. The number of methoxy groups -OCH3 is 1. The highest BCUT2D eigenvalue weighted by molar-refractivity contribution is 7.89. The van der Waals surface area contributed by atoms with E-state index in [4.69, 9.17) is 16.3 Å². The van der Waals surface area contributed by atoms with Crippen molar-refractivity contribution in [3.8, 4) is 5.75 Å². The van der Waals surface area contributed by atoms with Gasteiger partial charge in [-0.25, -0.2) is 13.1 Å². The molecule has 2 rings (SSSR count). The van der Waals surface area contributed by atoms with E-state index in [0.717, 1.165) is 5.56 Å². The third-order valence-corrected chi connectivity index (χ3v) is 5.21. The summed E-state index contributed by atoms with van der Waals surface area (Å²) in [6.45, 7) is 3.58. The first-order valence-electron chi connectivity index (χ1n) is 6.69. The van der Waals surface area contributed by atoms with Gasteiger partial charge in [-0.05, 0) is 55.8 Å². The lowest BCUT2D eigenvalue weighted by Gasteiger charge is -2.26. The zero-order valence-corrected chi connectivity index (χ0v) is 14.2. The summed E-state index contributed by atoms with van der Waals surface area (Å²) >= 11 is 5.98. The fraction of sp³-hybridized carbons (Fsp3) is 0.250. The second-order valence-electron chi connectivity index (χ2n) is 5.42. The highest BCUT2D eigenvalue weighted by atomic mass is 35.5. The molecule has 0 aromatic heterocycles. The van der Waals surface area contributed by atoms with Gasteiger partial charge >= 0.3 is 0 Å². The molecule has 0 unspecified atom stereocenters. The molecule has 0 saturated carbocycles. The highest BCUT2D eigenvalue weighted by Gasteiger charge is 2.28. The Hall–Kier alpha value is -1.56. The minimum absolute atomic E-state index is 0.184. The van der Waals surface area contributed by atoms with Crippen molar-refractivity contribution in [3.63, 3.8) is 0 Å². The lowest BCUT2D eigenvalue weighted by Crippen LogP contribution is -2.40. The van der Waals surface area contributed by atoms with E-state index in [0.29, 0.717) is 10.8 Å². The first kappa shape index (κ1) is 16.8. The predicted octanol–water partition coefficient (Wildman–Crippen LogP) is 3.56. The normalized spacial score (nSPS) is 12.2. The van der Waals surface area contributed by atoms with Gasteiger partial charge in [-0.3, -0.25) is 0 Å². The van der Waals surface area contributed by atoms with E-state index >= 15 is 0 Å². The second kappa shape index (κ2) is 6.28. The van der Waals surface area contributed by atoms with Crippen LogP contribution in [0.25, 0.3) is 0 Å². The third-order valence-electron chi connectivity index (χ3n) is 3.31. The summed E-state index contributed by atoms with van der Waals surface area (Å²) in [4.78, 5) is 0.184. The van der Waals surface area contributed by atoms with E-state index in [-0.39, 0.29) is 4.90 Å². The maximum atomic E-state index is 12.5. The standard InChI is InChI=1S/C16H18ClNO3S/c1-16(2,12-5-4-6-13(17)11-12)18-22(19,20)15-9-7-14(21-3)8-10-15/h4-11,18H,1-3H3. The van der Waals surface area contributed by atoms with Crippen LogP contribution in [0.3, 0.4) is 0 Å². The van der Waals surface area contributed by atoms with Crippen molar-refractivity contribution in [1.82, 2.24) is 4.72 Å². The maximum Gasteiger partial charge on any atom is 0.241 e. The number of benzene rings is 2. The van der Waals surface area contributed by atoms with Crippen LogP contribution < -0.4 is 9.46 Å². The Morgan fingerprint density at radius 3 is 2.27 bits per heavy atom. The molecule has 0 aliphatic carbocycles. The summed E-state index contributed by atoms with van der Waals surface area (Å²) in [5.74, 6) is 0.605. The number of nitrogens with one attached hydrogen (secondary N) is 1. The highest BCUT2D eigenvalue weighted by Crippen LogP contribution is 2.26. The van der Waals surface area contributed by atoms with Crippen LogP contribution in [0, 0.1) is 0 Å². The molecule has 0 aliphatic rings. The van der Waals surface area contributed by atoms with Gasteiger partial charge < -0.3 is 4.74 Å². The predicted molar refractivity (Wildman–Crippen MR) is 87.8 cm³/mol. The van der Waals surface area contributed by atoms with Crippen LogP contribution in [-0.4, -0.2) is 15.5 Å². The monoisotopic (exact) mass is 339 g/mol. The molecule has 6 heteroatoms. The minimum Gasteiger partial charge on any atom is -0.497 e. The molecule has 1 N–H and O–H groups in total. The van der Waals surface area contributed by atoms with E-state index in [2.05, 4.69) is 4.72 Å². The van der Waals surface area contributed by atoms with Crippen LogP contribution in [0.2, 0.25) is 5.02 Å². The Morgan fingerprint density at radius 2 is 1.73 bits per heavy atom. The summed E-state index contributed by atoms with van der Waals surface area (Å²) in [5.41, 5.74) is 0.000934. The third kappa shape index (κ3) is 3.80. The zero-order valence-electron chi connectivity index (χ0n) is 12.6. The van der Waals surface area contributed by atoms with Crippen molar-refractivity contribution < 1.29 is 13.2 Å². The van der Waals surface area contributed by atoms with Crippen molar-refractivity contribution >= 4 is 21.6 Å². The first-order chi connectivity index (χ1) is 10.2. The quantitative estimate of drug-likeness (QED) is 0.906. The lowest BCUT2D eigenvalue weighted by molar-refractivity contribution is 0.414. The number of halogens is 1. The Bertz CT molecular complexity index is 755. The topological polar surface area (TPSA) is 55.4 Å². The summed E-state index contributed by atoms with van der Waals surface area (Å²) in [6, 6.07) is 13.4. The van der Waals surface area contributed by atoms with Crippen LogP contribution in [0.4, 0.5) is 0 Å². The summed E-state index contributed by atoms with van der Waals surface area (Å²) in [7, 11) is -2.12. The average molecular weight is 340 g/mol. The largest absolute Gasteiger partial charge is 0.497 e. The SMILES string of the molecule is COc1ccc(S(=O)(=O)NC(C)(C)c2cccc(Cl)c2)cc1. The van der Waals surface area contributed by atoms with Crippen LogP contribution in [0.1, 0.15) is 19.4 Å². The van der Waals surface area contributed by atoms with Crippen molar-refractivity contribution in [1.29, 1.82) is 0 Å². The molecule has 0 radical (unpaired) electrons. The molecule has 0 spiro atoms. The summed E-state index contributed by atoms with van der Waals surface area (Å²) in [5, 5.41) is 0.564. The Labute approximate surface area is 136 Å². The molecule has 0 saturated heterocycles. The number of ether oxygens (including phenoxy) is 1. The molecular weight excluding hydrogens is 322 g/mol. The smallest absolute Gasteiger partial charge is 0.241 e. The molecule has 2 aromatic carbocycles. The van der Waals surface area contributed by atoms with Gasteiger partial charge in [0.05, 0.1) is 17.5 Å². The van der Waals surface area contributed by atoms with E-state index < -0.39 is 15.6 Å². The Morgan fingerprint density at radius 1 is 1.09 bits per heavy atom. The Kier molecular flexibility index (Phi) is 4.80. The van der Waals surface area contributed by atoms with Crippen molar-refractivity contribution in [2.45, 2.75) is 24.3 Å². The minimum atomic E-state index is -3.65. The van der Waals surface area contributed by atoms with E-state index in [1.54, 1.807) is 44.2 Å². The van der Waals surface area contributed by atoms with Crippen LogP contribution in [0.5, 0.6) is 5.75 Å². The average Bonchev–Trinajstić information content (AvgIpc) is 2.46. The Balaban J connectivity index is 2.30. The van der Waals surface area contributed by atoms with Gasteiger partial charge in [-0.2, -0.15) is 0 Å². The van der Waals surface area contributed by atoms with Gasteiger partial charge in [-0.1, -0.05) is 23.7 Å². The number of sulfonamides is 1. The molecule has 0 aliphatic heterocycles. The van der Waals surface area contributed by atoms with Gasteiger partial charge in [0, 0.05) is 5.02 Å². The zero-order chi connectivity index (χ0) is 16.4. The van der Waals surface area contributed by atoms with E-state index in [9.17, 15) is 8.42 Å². The van der Waals surface area contributed by atoms with Crippen molar-refractivity contribution in [2.24, 2.45) is 0 Å². The maximum absolute atomic E-state index is 12.5. The fourth-order valence-corrected chi connectivity index (χ4v) is 3.68. The first-order valence-corrected chi connectivity index (χ1v) is 8.55. The molecule has 0 bridgehead atoms. The summed E-state index contributed by atoms with van der Waals surface area (Å²) in [6.07, 6.45) is 0. The summed E-state index contributed by atoms with van der Waals surface area (Å²) < 4.78 is 32.8. The van der Waals surface area contributed by atoms with Gasteiger partial charge in [0.1, 0.15) is 5.75 Å². The lowest BCUT2D eigenvalue weighted by atomic mass is 9.96.